The zero-order chi connectivity index (χ0) is 27.1. The Labute approximate surface area is 229 Å². The topological polar surface area (TPSA) is 105 Å². The van der Waals surface area contributed by atoms with Gasteiger partial charge in [-0.1, -0.05) is 30.3 Å². The number of pyridine rings is 1. The number of nitrogens with one attached hydrogen (secondary N) is 1. The summed E-state index contributed by atoms with van der Waals surface area (Å²) < 4.78 is 11.4. The maximum absolute atomic E-state index is 14.3. The van der Waals surface area contributed by atoms with Crippen molar-refractivity contribution in [3.8, 4) is 11.4 Å². The monoisotopic (exact) mass is 532 g/mol. The van der Waals surface area contributed by atoms with E-state index >= 15 is 0 Å². The average Bonchev–Trinajstić information content (AvgIpc) is 3.69. The highest BCUT2D eigenvalue weighted by molar-refractivity contribution is 5.90. The zero-order valence-electron chi connectivity index (χ0n) is 22.0. The van der Waals surface area contributed by atoms with Crippen molar-refractivity contribution in [2.75, 3.05) is 11.9 Å². The van der Waals surface area contributed by atoms with Gasteiger partial charge in [-0.15, -0.1) is 0 Å². The van der Waals surface area contributed by atoms with Crippen LogP contribution in [0.15, 0.2) is 90.5 Å². The fraction of sp³-hybridized carbons (Fsp3) is 0.233. The van der Waals surface area contributed by atoms with Crippen molar-refractivity contribution in [1.82, 2.24) is 33.9 Å². The summed E-state index contributed by atoms with van der Waals surface area (Å²) in [5.74, 6) is 0.601. The molecule has 0 spiro atoms. The second kappa shape index (κ2) is 10.0. The molecule has 1 unspecified atom stereocenters. The first-order valence-electron chi connectivity index (χ1n) is 13.5. The van der Waals surface area contributed by atoms with Crippen LogP contribution in [0.1, 0.15) is 44.1 Å². The summed E-state index contributed by atoms with van der Waals surface area (Å²) >= 11 is 0. The summed E-state index contributed by atoms with van der Waals surface area (Å²) in [6, 6.07) is 19.1. The lowest BCUT2D eigenvalue weighted by Crippen LogP contribution is -2.26. The minimum atomic E-state index is -0.292. The number of rotatable bonds is 6. The third-order valence-corrected chi connectivity index (χ3v) is 7.44. The minimum absolute atomic E-state index is 0.0772. The number of hydrogen-bond acceptors (Lipinski definition) is 7. The van der Waals surface area contributed by atoms with E-state index in [1.807, 2.05) is 72.3 Å². The number of anilines is 1. The van der Waals surface area contributed by atoms with Crippen LogP contribution in [0.3, 0.4) is 0 Å². The van der Waals surface area contributed by atoms with Crippen LogP contribution in [0, 0.1) is 0 Å². The van der Waals surface area contributed by atoms with E-state index in [4.69, 9.17) is 4.74 Å². The molecular weight excluding hydrogens is 504 g/mol. The van der Waals surface area contributed by atoms with E-state index in [-0.39, 0.29) is 17.8 Å². The van der Waals surface area contributed by atoms with Crippen LogP contribution in [-0.2, 0) is 4.74 Å². The number of benzene rings is 2. The van der Waals surface area contributed by atoms with Gasteiger partial charge in [-0.3, -0.25) is 13.9 Å². The van der Waals surface area contributed by atoms with E-state index in [2.05, 4.69) is 31.4 Å². The predicted molar refractivity (Wildman–Crippen MR) is 153 cm³/mol. The van der Waals surface area contributed by atoms with E-state index in [0.29, 0.717) is 16.7 Å². The van der Waals surface area contributed by atoms with Crippen molar-refractivity contribution in [2.24, 2.45) is 0 Å². The number of aromatic nitrogens is 7. The van der Waals surface area contributed by atoms with E-state index in [1.165, 1.54) is 0 Å². The number of nitrogens with zero attached hydrogens (tertiary/aromatic N) is 7. The molecule has 0 amide bonds. The summed E-state index contributed by atoms with van der Waals surface area (Å²) in [4.78, 5) is 27.9. The van der Waals surface area contributed by atoms with Crippen LogP contribution >= 0.6 is 0 Å². The Morgan fingerprint density at radius 2 is 1.93 bits per heavy atom. The molecule has 10 heteroatoms. The van der Waals surface area contributed by atoms with Gasteiger partial charge < -0.3 is 10.1 Å². The van der Waals surface area contributed by atoms with Crippen LogP contribution in [0.25, 0.3) is 33.3 Å². The van der Waals surface area contributed by atoms with Gasteiger partial charge in [0.2, 0.25) is 0 Å². The molecule has 1 aliphatic rings. The predicted octanol–water partition coefficient (Wildman–Crippen LogP) is 5.19. The van der Waals surface area contributed by atoms with Crippen molar-refractivity contribution in [1.29, 1.82) is 0 Å². The van der Waals surface area contributed by atoms with Gasteiger partial charge in [0.25, 0.3) is 5.56 Å². The zero-order valence-corrected chi connectivity index (χ0v) is 22.0. The van der Waals surface area contributed by atoms with Crippen molar-refractivity contribution >= 4 is 27.8 Å². The molecule has 2 aromatic carbocycles. The van der Waals surface area contributed by atoms with Gasteiger partial charge in [-0.05, 0) is 61.9 Å². The van der Waals surface area contributed by atoms with Gasteiger partial charge in [-0.25, -0.2) is 19.6 Å². The molecule has 0 radical (unpaired) electrons. The Hall–Kier alpha value is -4.83. The average molecular weight is 533 g/mol. The van der Waals surface area contributed by atoms with Crippen LogP contribution in [-0.4, -0.2) is 40.5 Å². The summed E-state index contributed by atoms with van der Waals surface area (Å²) in [5, 5.41) is 9.33. The number of hydrogen-bond donors (Lipinski definition) is 1. The third-order valence-electron chi connectivity index (χ3n) is 7.44. The largest absolute Gasteiger partial charge is 0.360 e. The molecule has 1 saturated heterocycles. The van der Waals surface area contributed by atoms with Gasteiger partial charge in [0, 0.05) is 30.4 Å². The number of para-hydroxylation sites is 1. The Morgan fingerprint density at radius 1 is 1.02 bits per heavy atom. The van der Waals surface area contributed by atoms with Gasteiger partial charge in [-0.2, -0.15) is 5.10 Å². The molecule has 7 rings (SSSR count). The second-order valence-electron chi connectivity index (χ2n) is 9.97. The Balaban J connectivity index is 1.35. The third kappa shape index (κ3) is 4.13. The summed E-state index contributed by atoms with van der Waals surface area (Å²) in [5.41, 5.74) is 3.57. The Bertz CT molecular complexity index is 1850. The SMILES string of the molecule is C[C@H](Nc1ncnc2c1ncn2C1CCCCO1)c1cc2cccc(-n3cccn3)c2c(=O)n1-c1ccccc1. The molecule has 0 saturated carbocycles. The molecular formula is C30H28N8O2. The number of fused-ring (bicyclic) bond motifs is 2. The standard InChI is InChI=1S/C30H28N8O2/c1-20(35-28-27-29(32-18-31-28)36(19-33-27)25-13-5-6-16-40-25)24-17-21-9-7-12-23(37-15-8-14-34-37)26(21)30(39)38(24)22-10-3-2-4-11-22/h2-4,7-12,14-15,17-20,25H,5-6,13,16H2,1H3,(H,31,32,35)/t20-,25?/m0/s1. The molecule has 10 nitrogen and oxygen atoms in total. The molecule has 0 bridgehead atoms. The molecule has 40 heavy (non-hydrogen) atoms. The molecule has 2 atom stereocenters. The minimum Gasteiger partial charge on any atom is -0.360 e. The quantitative estimate of drug-likeness (QED) is 0.315. The van der Waals surface area contributed by atoms with Gasteiger partial charge in [0.1, 0.15) is 12.6 Å². The molecule has 1 fully saturated rings. The Kier molecular flexibility index (Phi) is 6.09. The summed E-state index contributed by atoms with van der Waals surface area (Å²) in [6.45, 7) is 2.76. The molecule has 1 N–H and O–H groups in total. The van der Waals surface area contributed by atoms with Crippen LogP contribution in [0.4, 0.5) is 5.82 Å². The summed E-state index contributed by atoms with van der Waals surface area (Å²) in [7, 11) is 0. The maximum Gasteiger partial charge on any atom is 0.265 e. The molecule has 4 aromatic heterocycles. The first-order valence-corrected chi connectivity index (χ1v) is 13.5. The number of imidazole rings is 1. The first-order chi connectivity index (χ1) is 19.7. The van der Waals surface area contributed by atoms with E-state index < -0.39 is 0 Å². The van der Waals surface area contributed by atoms with Gasteiger partial charge >= 0.3 is 0 Å². The lowest BCUT2D eigenvalue weighted by molar-refractivity contribution is -0.0298. The smallest absolute Gasteiger partial charge is 0.265 e. The van der Waals surface area contributed by atoms with E-state index in [9.17, 15) is 4.79 Å². The molecule has 1 aliphatic heterocycles. The van der Waals surface area contributed by atoms with E-state index in [1.54, 1.807) is 28.1 Å². The maximum atomic E-state index is 14.3. The highest BCUT2D eigenvalue weighted by Crippen LogP contribution is 2.30. The van der Waals surface area contributed by atoms with Crippen LogP contribution in [0.2, 0.25) is 0 Å². The van der Waals surface area contributed by atoms with Crippen molar-refractivity contribution in [3.05, 3.63) is 102 Å². The first kappa shape index (κ1) is 24.2. The lowest BCUT2D eigenvalue weighted by Gasteiger charge is -2.24. The fourth-order valence-corrected chi connectivity index (χ4v) is 5.52. The molecule has 0 aliphatic carbocycles. The molecule has 5 heterocycles. The van der Waals surface area contributed by atoms with Crippen molar-refractivity contribution < 1.29 is 4.74 Å². The Morgan fingerprint density at radius 3 is 2.73 bits per heavy atom. The van der Waals surface area contributed by atoms with E-state index in [0.717, 1.165) is 54.0 Å². The highest BCUT2D eigenvalue weighted by Gasteiger charge is 2.23. The molecule has 6 aromatic rings. The second-order valence-corrected chi connectivity index (χ2v) is 9.97. The fourth-order valence-electron chi connectivity index (χ4n) is 5.52. The van der Waals surface area contributed by atoms with Crippen LogP contribution in [0.5, 0.6) is 0 Å². The van der Waals surface area contributed by atoms with Gasteiger partial charge in [0.15, 0.2) is 17.0 Å². The van der Waals surface area contributed by atoms with Crippen LogP contribution < -0.4 is 10.9 Å². The highest BCUT2D eigenvalue weighted by atomic mass is 16.5. The van der Waals surface area contributed by atoms with Gasteiger partial charge in [0.05, 0.1) is 23.4 Å². The molecule has 200 valence electrons. The van der Waals surface area contributed by atoms with Crippen molar-refractivity contribution in [3.63, 3.8) is 0 Å². The lowest BCUT2D eigenvalue weighted by atomic mass is 10.1. The normalized spacial score (nSPS) is 16.4. The summed E-state index contributed by atoms with van der Waals surface area (Å²) in [6.07, 6.45) is 9.90. The van der Waals surface area contributed by atoms with Crippen molar-refractivity contribution in [2.45, 2.75) is 38.5 Å². The number of ether oxygens (including phenoxy) is 1.